The Labute approximate surface area is 139 Å². The average molecular weight is 362 g/mol. The summed E-state index contributed by atoms with van der Waals surface area (Å²) in [5.74, 6) is 0.750. The van der Waals surface area contributed by atoms with Crippen molar-refractivity contribution in [1.29, 1.82) is 0 Å². The smallest absolute Gasteiger partial charge is 0.227 e. The van der Waals surface area contributed by atoms with Gasteiger partial charge in [0.15, 0.2) is 0 Å². The summed E-state index contributed by atoms with van der Waals surface area (Å²) in [5.41, 5.74) is 3.13. The highest BCUT2D eigenvalue weighted by Gasteiger charge is 2.05. The van der Waals surface area contributed by atoms with E-state index in [0.29, 0.717) is 13.0 Å². The molecule has 0 atom stereocenters. The van der Waals surface area contributed by atoms with Crippen molar-refractivity contribution >= 4 is 27.5 Å². The first-order valence-corrected chi connectivity index (χ1v) is 8.15. The van der Waals surface area contributed by atoms with E-state index in [1.807, 2.05) is 49.4 Å². The molecule has 116 valence electrons. The predicted molar refractivity (Wildman–Crippen MR) is 93.4 cm³/mol. The zero-order chi connectivity index (χ0) is 15.9. The molecule has 0 aliphatic carbocycles. The highest BCUT2D eigenvalue weighted by molar-refractivity contribution is 9.10. The van der Waals surface area contributed by atoms with Gasteiger partial charge in [-0.2, -0.15) is 0 Å². The number of nitrogens with one attached hydrogen (secondary N) is 1. The van der Waals surface area contributed by atoms with Crippen molar-refractivity contribution in [3.63, 3.8) is 0 Å². The molecule has 0 aliphatic rings. The Morgan fingerprint density at radius 1 is 1.18 bits per heavy atom. The molecule has 2 rings (SSSR count). The van der Waals surface area contributed by atoms with Crippen molar-refractivity contribution in [3.05, 3.63) is 58.1 Å². The Hall–Kier alpha value is -1.81. The van der Waals surface area contributed by atoms with Crippen molar-refractivity contribution in [2.45, 2.75) is 26.7 Å². The normalized spacial score (nSPS) is 10.3. The van der Waals surface area contributed by atoms with E-state index in [2.05, 4.69) is 28.2 Å². The standard InChI is InChI=1S/C18H20BrNO2/c1-3-14-4-7-16(8-5-14)22-11-10-18(21)20-17-9-6-15(19)12-13(17)2/h4-9,12H,3,10-11H2,1-2H3,(H,20,21). The van der Waals surface area contributed by atoms with Gasteiger partial charge in [-0.15, -0.1) is 0 Å². The van der Waals surface area contributed by atoms with Gasteiger partial charge in [0.2, 0.25) is 5.91 Å². The van der Waals surface area contributed by atoms with Crippen LogP contribution in [0.5, 0.6) is 5.75 Å². The van der Waals surface area contributed by atoms with Gasteiger partial charge in [0.1, 0.15) is 5.75 Å². The summed E-state index contributed by atoms with van der Waals surface area (Å²) in [7, 11) is 0. The number of anilines is 1. The molecule has 0 saturated heterocycles. The van der Waals surface area contributed by atoms with E-state index in [9.17, 15) is 4.79 Å². The first-order chi connectivity index (χ1) is 10.6. The van der Waals surface area contributed by atoms with Crippen molar-refractivity contribution in [2.24, 2.45) is 0 Å². The molecule has 0 bridgehead atoms. The molecule has 2 aromatic rings. The summed E-state index contributed by atoms with van der Waals surface area (Å²) in [6, 6.07) is 13.7. The first kappa shape index (κ1) is 16.6. The minimum atomic E-state index is -0.0457. The second-order valence-corrected chi connectivity index (χ2v) is 6.02. The van der Waals surface area contributed by atoms with Gasteiger partial charge in [-0.25, -0.2) is 0 Å². The van der Waals surface area contributed by atoms with Gasteiger partial charge in [-0.05, 0) is 54.8 Å². The largest absolute Gasteiger partial charge is 0.493 e. The third-order valence-corrected chi connectivity index (χ3v) is 3.89. The number of hydrogen-bond acceptors (Lipinski definition) is 2. The maximum atomic E-state index is 11.9. The molecule has 0 aliphatic heterocycles. The molecule has 1 amide bonds. The maximum Gasteiger partial charge on any atom is 0.227 e. The monoisotopic (exact) mass is 361 g/mol. The summed E-state index contributed by atoms with van der Waals surface area (Å²) >= 11 is 3.41. The van der Waals surface area contributed by atoms with Crippen molar-refractivity contribution in [2.75, 3.05) is 11.9 Å². The quantitative estimate of drug-likeness (QED) is 0.807. The van der Waals surface area contributed by atoms with Crippen LogP contribution in [0, 0.1) is 6.92 Å². The molecule has 2 aromatic carbocycles. The number of ether oxygens (including phenoxy) is 1. The van der Waals surface area contributed by atoms with E-state index in [1.54, 1.807) is 0 Å². The fourth-order valence-electron chi connectivity index (χ4n) is 2.06. The molecule has 0 saturated carbocycles. The second kappa shape index (κ2) is 7.99. The van der Waals surface area contributed by atoms with Crippen LogP contribution in [0.15, 0.2) is 46.9 Å². The van der Waals surface area contributed by atoms with Gasteiger partial charge in [0.05, 0.1) is 13.0 Å². The van der Waals surface area contributed by atoms with Crippen LogP contribution in [-0.4, -0.2) is 12.5 Å². The first-order valence-electron chi connectivity index (χ1n) is 7.36. The number of halogens is 1. The zero-order valence-corrected chi connectivity index (χ0v) is 14.4. The van der Waals surface area contributed by atoms with Crippen LogP contribution in [0.3, 0.4) is 0 Å². The van der Waals surface area contributed by atoms with Crippen molar-refractivity contribution < 1.29 is 9.53 Å². The third kappa shape index (κ3) is 4.88. The van der Waals surface area contributed by atoms with E-state index in [-0.39, 0.29) is 5.91 Å². The molecular formula is C18H20BrNO2. The van der Waals surface area contributed by atoms with Gasteiger partial charge in [0.25, 0.3) is 0 Å². The Bertz CT molecular complexity index is 638. The molecule has 22 heavy (non-hydrogen) atoms. The molecule has 4 heteroatoms. The number of aryl methyl sites for hydroxylation is 2. The lowest BCUT2D eigenvalue weighted by molar-refractivity contribution is -0.116. The van der Waals surface area contributed by atoms with Crippen LogP contribution in [0.25, 0.3) is 0 Å². The van der Waals surface area contributed by atoms with Crippen LogP contribution in [0.4, 0.5) is 5.69 Å². The van der Waals surface area contributed by atoms with Gasteiger partial charge >= 0.3 is 0 Å². The fraction of sp³-hybridized carbons (Fsp3) is 0.278. The molecule has 0 fully saturated rings. The average Bonchev–Trinajstić information content (AvgIpc) is 2.51. The van der Waals surface area contributed by atoms with Crippen LogP contribution in [-0.2, 0) is 11.2 Å². The lowest BCUT2D eigenvalue weighted by atomic mass is 10.2. The molecule has 0 unspecified atom stereocenters. The molecule has 0 heterocycles. The molecule has 1 N–H and O–H groups in total. The summed E-state index contributed by atoms with van der Waals surface area (Å²) < 4.78 is 6.60. The van der Waals surface area contributed by atoms with Crippen molar-refractivity contribution in [1.82, 2.24) is 0 Å². The minimum Gasteiger partial charge on any atom is -0.493 e. The van der Waals surface area contributed by atoms with Crippen molar-refractivity contribution in [3.8, 4) is 5.75 Å². The van der Waals surface area contributed by atoms with E-state index in [1.165, 1.54) is 5.56 Å². The predicted octanol–water partition coefficient (Wildman–Crippen LogP) is 4.73. The summed E-state index contributed by atoms with van der Waals surface area (Å²) in [6.07, 6.45) is 1.33. The molecule has 3 nitrogen and oxygen atoms in total. The topological polar surface area (TPSA) is 38.3 Å². The Balaban J connectivity index is 1.79. The lowest BCUT2D eigenvalue weighted by Crippen LogP contribution is -2.15. The number of hydrogen-bond donors (Lipinski definition) is 1. The van der Waals surface area contributed by atoms with Gasteiger partial charge in [-0.3, -0.25) is 4.79 Å². The Morgan fingerprint density at radius 3 is 2.55 bits per heavy atom. The number of carbonyl (C=O) groups excluding carboxylic acids is 1. The van der Waals surface area contributed by atoms with Crippen LogP contribution in [0.2, 0.25) is 0 Å². The van der Waals surface area contributed by atoms with E-state index >= 15 is 0 Å². The molecule has 0 aromatic heterocycles. The summed E-state index contributed by atoms with van der Waals surface area (Å²) in [4.78, 5) is 11.9. The maximum absolute atomic E-state index is 11.9. The number of amides is 1. The summed E-state index contributed by atoms with van der Waals surface area (Å²) in [6.45, 7) is 4.45. The molecule has 0 radical (unpaired) electrons. The number of benzene rings is 2. The van der Waals surface area contributed by atoms with Crippen LogP contribution in [0.1, 0.15) is 24.5 Å². The Kier molecular flexibility index (Phi) is 6.01. The number of carbonyl (C=O) groups is 1. The molecule has 0 spiro atoms. The second-order valence-electron chi connectivity index (χ2n) is 5.10. The molecular weight excluding hydrogens is 342 g/mol. The highest BCUT2D eigenvalue weighted by atomic mass is 79.9. The number of rotatable bonds is 6. The van der Waals surface area contributed by atoms with Gasteiger partial charge < -0.3 is 10.1 Å². The van der Waals surface area contributed by atoms with E-state index in [4.69, 9.17) is 4.74 Å². The van der Waals surface area contributed by atoms with Gasteiger partial charge in [-0.1, -0.05) is 35.0 Å². The summed E-state index contributed by atoms with van der Waals surface area (Å²) in [5, 5.41) is 2.90. The lowest BCUT2D eigenvalue weighted by Gasteiger charge is -2.10. The minimum absolute atomic E-state index is 0.0457. The Morgan fingerprint density at radius 2 is 1.91 bits per heavy atom. The van der Waals surface area contributed by atoms with Crippen LogP contribution < -0.4 is 10.1 Å². The highest BCUT2D eigenvalue weighted by Crippen LogP contribution is 2.20. The fourth-order valence-corrected chi connectivity index (χ4v) is 2.54. The van der Waals surface area contributed by atoms with E-state index in [0.717, 1.165) is 27.9 Å². The van der Waals surface area contributed by atoms with E-state index < -0.39 is 0 Å². The van der Waals surface area contributed by atoms with Gasteiger partial charge in [0, 0.05) is 10.2 Å². The zero-order valence-electron chi connectivity index (χ0n) is 12.9. The van der Waals surface area contributed by atoms with Crippen LogP contribution >= 0.6 is 15.9 Å². The SMILES string of the molecule is CCc1ccc(OCCC(=O)Nc2ccc(Br)cc2C)cc1. The third-order valence-electron chi connectivity index (χ3n) is 3.39.